The highest BCUT2D eigenvalue weighted by Gasteiger charge is 2.03. The standard InChI is InChI=1S/C14H12BrN3O/c1-19-14-6-10(4-5-17-14)9-18-13-3-2-12(15)7-11(13)8-16/h2-7,18H,9H2,1H3. The average molecular weight is 318 g/mol. The number of halogens is 1. The largest absolute Gasteiger partial charge is 0.481 e. The summed E-state index contributed by atoms with van der Waals surface area (Å²) in [6.45, 7) is 0.606. The van der Waals surface area contributed by atoms with Gasteiger partial charge in [-0.05, 0) is 29.8 Å². The first-order valence-corrected chi connectivity index (χ1v) is 6.44. The number of nitrogens with zero attached hydrogens (tertiary/aromatic N) is 2. The third kappa shape index (κ3) is 3.46. The maximum Gasteiger partial charge on any atom is 0.213 e. The fourth-order valence-corrected chi connectivity index (χ4v) is 1.99. The molecular formula is C14H12BrN3O. The number of nitriles is 1. The van der Waals surface area contributed by atoms with E-state index in [2.05, 4.69) is 32.3 Å². The quantitative estimate of drug-likeness (QED) is 0.939. The Balaban J connectivity index is 2.12. The lowest BCUT2D eigenvalue weighted by atomic mass is 10.2. The van der Waals surface area contributed by atoms with Crippen LogP contribution in [0, 0.1) is 11.3 Å². The van der Waals surface area contributed by atoms with Crippen molar-refractivity contribution in [3.05, 3.63) is 52.1 Å². The Morgan fingerprint density at radius 3 is 2.95 bits per heavy atom. The molecule has 0 saturated carbocycles. The Labute approximate surface area is 120 Å². The van der Waals surface area contributed by atoms with Gasteiger partial charge in [-0.2, -0.15) is 5.26 Å². The topological polar surface area (TPSA) is 57.9 Å². The third-order valence-electron chi connectivity index (χ3n) is 2.59. The van der Waals surface area contributed by atoms with Crippen molar-refractivity contribution < 1.29 is 4.74 Å². The van der Waals surface area contributed by atoms with Crippen LogP contribution < -0.4 is 10.1 Å². The monoisotopic (exact) mass is 317 g/mol. The lowest BCUT2D eigenvalue weighted by Gasteiger charge is -2.09. The molecule has 1 N–H and O–H groups in total. The first-order chi connectivity index (χ1) is 9.22. The molecule has 2 rings (SSSR count). The minimum Gasteiger partial charge on any atom is -0.481 e. The molecule has 19 heavy (non-hydrogen) atoms. The summed E-state index contributed by atoms with van der Waals surface area (Å²) in [4.78, 5) is 4.05. The number of pyridine rings is 1. The van der Waals surface area contributed by atoms with E-state index in [0.717, 1.165) is 15.7 Å². The Morgan fingerprint density at radius 2 is 2.21 bits per heavy atom. The second-order valence-electron chi connectivity index (χ2n) is 3.86. The van der Waals surface area contributed by atoms with Gasteiger partial charge in [-0.3, -0.25) is 0 Å². The molecular weight excluding hydrogens is 306 g/mol. The summed E-state index contributed by atoms with van der Waals surface area (Å²) in [6, 6.07) is 11.5. The zero-order chi connectivity index (χ0) is 13.7. The van der Waals surface area contributed by atoms with Crippen molar-refractivity contribution in [1.29, 1.82) is 5.26 Å². The number of anilines is 1. The van der Waals surface area contributed by atoms with Crippen molar-refractivity contribution in [3.8, 4) is 11.9 Å². The molecule has 1 heterocycles. The number of hydrogen-bond donors (Lipinski definition) is 1. The molecule has 0 amide bonds. The second-order valence-corrected chi connectivity index (χ2v) is 4.78. The maximum absolute atomic E-state index is 9.08. The zero-order valence-corrected chi connectivity index (χ0v) is 11.9. The number of rotatable bonds is 4. The number of benzene rings is 1. The molecule has 0 aliphatic heterocycles. The van der Waals surface area contributed by atoms with Crippen LogP contribution in [-0.2, 0) is 6.54 Å². The first-order valence-electron chi connectivity index (χ1n) is 5.65. The normalized spacial score (nSPS) is 9.74. The summed E-state index contributed by atoms with van der Waals surface area (Å²) in [5.74, 6) is 0.579. The summed E-state index contributed by atoms with van der Waals surface area (Å²) in [5, 5.41) is 12.3. The molecule has 0 aliphatic carbocycles. The van der Waals surface area contributed by atoms with E-state index in [4.69, 9.17) is 10.00 Å². The fourth-order valence-electron chi connectivity index (χ4n) is 1.63. The predicted molar refractivity (Wildman–Crippen MR) is 77.0 cm³/mol. The van der Waals surface area contributed by atoms with Crippen molar-refractivity contribution in [2.24, 2.45) is 0 Å². The molecule has 0 atom stereocenters. The summed E-state index contributed by atoms with van der Waals surface area (Å²) in [7, 11) is 1.59. The molecule has 96 valence electrons. The molecule has 0 aliphatic rings. The molecule has 1 aromatic carbocycles. The molecule has 0 spiro atoms. The first kappa shape index (κ1) is 13.4. The van der Waals surface area contributed by atoms with Crippen molar-refractivity contribution in [2.75, 3.05) is 12.4 Å². The highest BCUT2D eigenvalue weighted by Crippen LogP contribution is 2.21. The highest BCUT2D eigenvalue weighted by atomic mass is 79.9. The summed E-state index contributed by atoms with van der Waals surface area (Å²) in [5.41, 5.74) is 2.45. The molecule has 0 fully saturated rings. The predicted octanol–water partition coefficient (Wildman–Crippen LogP) is 3.34. The van der Waals surface area contributed by atoms with Gasteiger partial charge in [0.05, 0.1) is 18.4 Å². The van der Waals surface area contributed by atoms with E-state index in [1.165, 1.54) is 0 Å². The average Bonchev–Trinajstić information content (AvgIpc) is 2.46. The van der Waals surface area contributed by atoms with E-state index < -0.39 is 0 Å². The molecule has 0 unspecified atom stereocenters. The summed E-state index contributed by atoms with van der Waals surface area (Å²) < 4.78 is 5.96. The zero-order valence-electron chi connectivity index (χ0n) is 10.4. The molecule has 0 radical (unpaired) electrons. The van der Waals surface area contributed by atoms with Crippen LogP contribution in [0.25, 0.3) is 0 Å². The van der Waals surface area contributed by atoms with Crippen LogP contribution >= 0.6 is 15.9 Å². The second kappa shape index (κ2) is 6.21. The van der Waals surface area contributed by atoms with Gasteiger partial charge in [-0.15, -0.1) is 0 Å². The van der Waals surface area contributed by atoms with E-state index in [1.54, 1.807) is 19.4 Å². The van der Waals surface area contributed by atoms with Crippen LogP contribution in [0.3, 0.4) is 0 Å². The minimum atomic E-state index is 0.579. The van der Waals surface area contributed by atoms with E-state index >= 15 is 0 Å². The molecule has 4 nitrogen and oxygen atoms in total. The maximum atomic E-state index is 9.08. The lowest BCUT2D eigenvalue weighted by molar-refractivity contribution is 0.397. The third-order valence-corrected chi connectivity index (χ3v) is 3.09. The fraction of sp³-hybridized carbons (Fsp3) is 0.143. The van der Waals surface area contributed by atoms with Crippen LogP contribution in [0.5, 0.6) is 5.88 Å². The van der Waals surface area contributed by atoms with Gasteiger partial charge in [0.1, 0.15) is 6.07 Å². The van der Waals surface area contributed by atoms with Gasteiger partial charge in [0.2, 0.25) is 5.88 Å². The SMILES string of the molecule is COc1cc(CNc2ccc(Br)cc2C#N)ccn1. The van der Waals surface area contributed by atoms with Crippen LogP contribution in [0.15, 0.2) is 41.0 Å². The van der Waals surface area contributed by atoms with Gasteiger partial charge in [0, 0.05) is 23.3 Å². The van der Waals surface area contributed by atoms with E-state index in [1.807, 2.05) is 24.3 Å². The Bertz CT molecular complexity index is 622. The van der Waals surface area contributed by atoms with Crippen LogP contribution in [0.2, 0.25) is 0 Å². The highest BCUT2D eigenvalue weighted by molar-refractivity contribution is 9.10. The number of aromatic nitrogens is 1. The van der Waals surface area contributed by atoms with E-state index in [9.17, 15) is 0 Å². The van der Waals surface area contributed by atoms with Gasteiger partial charge in [0.25, 0.3) is 0 Å². The van der Waals surface area contributed by atoms with Crippen molar-refractivity contribution >= 4 is 21.6 Å². The number of nitrogens with one attached hydrogen (secondary N) is 1. The molecule has 0 bridgehead atoms. The van der Waals surface area contributed by atoms with E-state index in [0.29, 0.717) is 18.0 Å². The van der Waals surface area contributed by atoms with Gasteiger partial charge >= 0.3 is 0 Å². The van der Waals surface area contributed by atoms with Crippen LogP contribution in [0.1, 0.15) is 11.1 Å². The number of methoxy groups -OCH3 is 1. The minimum absolute atomic E-state index is 0.579. The summed E-state index contributed by atoms with van der Waals surface area (Å²) in [6.07, 6.45) is 1.70. The molecule has 2 aromatic rings. The van der Waals surface area contributed by atoms with E-state index in [-0.39, 0.29) is 0 Å². The van der Waals surface area contributed by atoms with Gasteiger partial charge in [-0.1, -0.05) is 15.9 Å². The molecule has 0 saturated heterocycles. The summed E-state index contributed by atoms with van der Waals surface area (Å²) >= 11 is 3.35. The molecule has 5 heteroatoms. The van der Waals surface area contributed by atoms with Crippen molar-refractivity contribution in [2.45, 2.75) is 6.54 Å². The van der Waals surface area contributed by atoms with Gasteiger partial charge in [0.15, 0.2) is 0 Å². The number of ether oxygens (including phenoxy) is 1. The van der Waals surface area contributed by atoms with Crippen LogP contribution in [0.4, 0.5) is 5.69 Å². The Morgan fingerprint density at radius 1 is 1.37 bits per heavy atom. The number of hydrogen-bond acceptors (Lipinski definition) is 4. The smallest absolute Gasteiger partial charge is 0.213 e. The van der Waals surface area contributed by atoms with Crippen LogP contribution in [-0.4, -0.2) is 12.1 Å². The Hall–Kier alpha value is -2.06. The van der Waals surface area contributed by atoms with Crippen molar-refractivity contribution in [3.63, 3.8) is 0 Å². The van der Waals surface area contributed by atoms with Crippen molar-refractivity contribution in [1.82, 2.24) is 4.98 Å². The lowest BCUT2D eigenvalue weighted by Crippen LogP contribution is -2.02. The Kier molecular flexibility index (Phi) is 4.37. The molecule has 1 aromatic heterocycles. The van der Waals surface area contributed by atoms with Gasteiger partial charge in [-0.25, -0.2) is 4.98 Å². The van der Waals surface area contributed by atoms with Gasteiger partial charge < -0.3 is 10.1 Å².